The second-order valence-electron chi connectivity index (χ2n) is 4.30. The maximum absolute atomic E-state index is 5.83. The molecule has 2 nitrogen and oxygen atoms in total. The smallest absolute Gasteiger partial charge is 0.177 e. The van der Waals surface area contributed by atoms with E-state index in [0.29, 0.717) is 0 Å². The van der Waals surface area contributed by atoms with Gasteiger partial charge in [-0.05, 0) is 12.1 Å². The molecule has 4 rings (SSSR count). The monoisotopic (exact) mass is 234 g/mol. The van der Waals surface area contributed by atoms with Crippen LogP contribution in [0, 0.1) is 0 Å². The molecule has 0 spiro atoms. The van der Waals surface area contributed by atoms with Gasteiger partial charge in [0.1, 0.15) is 5.58 Å². The minimum Gasteiger partial charge on any atom is -0.460 e. The summed E-state index contributed by atoms with van der Waals surface area (Å²) in [6.07, 6.45) is 1.76. The Hall–Kier alpha value is -2.48. The van der Waals surface area contributed by atoms with Crippen molar-refractivity contribution in [3.8, 4) is 11.5 Å². The lowest BCUT2D eigenvalue weighted by Gasteiger charge is -1.91. The fraction of sp³-hybridized carbons (Fsp3) is 0. The maximum Gasteiger partial charge on any atom is 0.177 e. The highest BCUT2D eigenvalue weighted by atomic mass is 16.4. The lowest BCUT2D eigenvalue weighted by molar-refractivity contribution is 0.546. The molecule has 2 aromatic carbocycles. The Morgan fingerprint density at radius 3 is 2.44 bits per heavy atom. The van der Waals surface area contributed by atoms with Crippen LogP contribution in [0.3, 0.4) is 0 Å². The summed E-state index contributed by atoms with van der Waals surface area (Å²) in [6, 6.07) is 18.1. The summed E-state index contributed by atoms with van der Waals surface area (Å²) in [5, 5.41) is 3.26. The van der Waals surface area contributed by atoms with Gasteiger partial charge in [-0.15, -0.1) is 0 Å². The molecule has 0 unspecified atom stereocenters. The van der Waals surface area contributed by atoms with Gasteiger partial charge in [-0.1, -0.05) is 42.5 Å². The van der Waals surface area contributed by atoms with Crippen molar-refractivity contribution < 1.29 is 8.83 Å². The first-order valence-corrected chi connectivity index (χ1v) is 5.87. The number of fused-ring (bicyclic) bond motifs is 2. The molecule has 86 valence electrons. The minimum absolute atomic E-state index is 0.775. The van der Waals surface area contributed by atoms with Gasteiger partial charge in [0.2, 0.25) is 0 Å². The number of hydrogen-bond acceptors (Lipinski definition) is 2. The Morgan fingerprint density at radius 2 is 1.56 bits per heavy atom. The van der Waals surface area contributed by atoms with Crippen molar-refractivity contribution in [1.82, 2.24) is 0 Å². The Labute approximate surface area is 103 Å². The molecule has 0 atom stereocenters. The molecule has 0 aliphatic rings. The first-order valence-electron chi connectivity index (χ1n) is 5.87. The van der Waals surface area contributed by atoms with Crippen LogP contribution in [0.5, 0.6) is 0 Å². The van der Waals surface area contributed by atoms with E-state index in [1.54, 1.807) is 6.26 Å². The zero-order chi connectivity index (χ0) is 11.9. The SMILES string of the molecule is c1ccc2oc(-c3occ4ccccc34)cc2c1. The first-order chi connectivity index (χ1) is 8.92. The van der Waals surface area contributed by atoms with Gasteiger partial charge < -0.3 is 8.83 Å². The van der Waals surface area contributed by atoms with E-state index in [4.69, 9.17) is 8.83 Å². The number of rotatable bonds is 1. The van der Waals surface area contributed by atoms with Gasteiger partial charge in [0.15, 0.2) is 11.5 Å². The van der Waals surface area contributed by atoms with Gasteiger partial charge in [0.05, 0.1) is 6.26 Å². The molecule has 0 saturated heterocycles. The number of para-hydroxylation sites is 1. The van der Waals surface area contributed by atoms with Gasteiger partial charge in [0, 0.05) is 16.2 Å². The molecular weight excluding hydrogens is 224 g/mol. The van der Waals surface area contributed by atoms with E-state index in [1.807, 2.05) is 54.6 Å². The Bertz CT molecular complexity index is 803. The Balaban J connectivity index is 2.01. The predicted molar refractivity (Wildman–Crippen MR) is 71.4 cm³/mol. The maximum atomic E-state index is 5.83. The molecule has 4 aromatic rings. The van der Waals surface area contributed by atoms with E-state index in [0.717, 1.165) is 33.3 Å². The summed E-state index contributed by atoms with van der Waals surface area (Å²) in [7, 11) is 0. The van der Waals surface area contributed by atoms with Gasteiger partial charge in [-0.25, -0.2) is 0 Å². The van der Waals surface area contributed by atoms with E-state index < -0.39 is 0 Å². The first kappa shape index (κ1) is 9.54. The summed E-state index contributed by atoms with van der Waals surface area (Å²) in [5.41, 5.74) is 0.882. The van der Waals surface area contributed by atoms with Crippen LogP contribution in [0.15, 0.2) is 69.7 Å². The molecule has 2 aromatic heterocycles. The lowest BCUT2D eigenvalue weighted by atomic mass is 10.1. The summed E-state index contributed by atoms with van der Waals surface area (Å²) in [6.45, 7) is 0. The normalized spacial score (nSPS) is 11.3. The highest BCUT2D eigenvalue weighted by Crippen LogP contribution is 2.33. The van der Waals surface area contributed by atoms with Crippen LogP contribution in [-0.2, 0) is 0 Å². The van der Waals surface area contributed by atoms with Crippen molar-refractivity contribution >= 4 is 21.7 Å². The van der Waals surface area contributed by atoms with E-state index in [-0.39, 0.29) is 0 Å². The van der Waals surface area contributed by atoms with Crippen LogP contribution in [0.1, 0.15) is 0 Å². The highest BCUT2D eigenvalue weighted by Gasteiger charge is 2.12. The van der Waals surface area contributed by atoms with Gasteiger partial charge >= 0.3 is 0 Å². The summed E-state index contributed by atoms with van der Waals surface area (Å²) >= 11 is 0. The zero-order valence-electron chi connectivity index (χ0n) is 9.59. The van der Waals surface area contributed by atoms with E-state index in [2.05, 4.69) is 0 Å². The number of furan rings is 2. The molecule has 0 N–H and O–H groups in total. The summed E-state index contributed by atoms with van der Waals surface area (Å²) < 4.78 is 11.5. The molecule has 0 fully saturated rings. The quantitative estimate of drug-likeness (QED) is 0.470. The van der Waals surface area contributed by atoms with Crippen LogP contribution in [0.25, 0.3) is 33.3 Å². The van der Waals surface area contributed by atoms with Crippen molar-refractivity contribution in [2.45, 2.75) is 0 Å². The highest BCUT2D eigenvalue weighted by molar-refractivity contribution is 5.95. The molecule has 0 radical (unpaired) electrons. The van der Waals surface area contributed by atoms with Crippen molar-refractivity contribution in [1.29, 1.82) is 0 Å². The van der Waals surface area contributed by atoms with E-state index in [9.17, 15) is 0 Å². The van der Waals surface area contributed by atoms with Gasteiger partial charge in [0.25, 0.3) is 0 Å². The van der Waals surface area contributed by atoms with Crippen LogP contribution >= 0.6 is 0 Å². The van der Waals surface area contributed by atoms with Gasteiger partial charge in [-0.2, -0.15) is 0 Å². The third kappa shape index (κ3) is 1.29. The number of hydrogen-bond donors (Lipinski definition) is 0. The van der Waals surface area contributed by atoms with E-state index in [1.165, 1.54) is 0 Å². The second-order valence-corrected chi connectivity index (χ2v) is 4.30. The standard InChI is InChI=1S/C16H10O2/c1-3-7-13-12(6-1)10-17-16(13)15-9-11-5-2-4-8-14(11)18-15/h1-10H. The molecule has 0 aliphatic heterocycles. The molecule has 0 bridgehead atoms. The minimum atomic E-state index is 0.775. The average molecular weight is 234 g/mol. The molecule has 2 heteroatoms. The third-order valence-corrected chi connectivity index (χ3v) is 3.16. The van der Waals surface area contributed by atoms with Crippen molar-refractivity contribution in [2.75, 3.05) is 0 Å². The molecule has 0 amide bonds. The zero-order valence-corrected chi connectivity index (χ0v) is 9.59. The summed E-state index contributed by atoms with van der Waals surface area (Å²) in [5.74, 6) is 1.57. The van der Waals surface area contributed by atoms with E-state index >= 15 is 0 Å². The predicted octanol–water partition coefficient (Wildman–Crippen LogP) is 4.85. The molecule has 0 saturated carbocycles. The largest absolute Gasteiger partial charge is 0.460 e. The van der Waals surface area contributed by atoms with Crippen molar-refractivity contribution in [3.63, 3.8) is 0 Å². The van der Waals surface area contributed by atoms with Crippen LogP contribution in [0.4, 0.5) is 0 Å². The lowest BCUT2D eigenvalue weighted by Crippen LogP contribution is -1.69. The van der Waals surface area contributed by atoms with Crippen LogP contribution in [0.2, 0.25) is 0 Å². The Morgan fingerprint density at radius 1 is 0.778 bits per heavy atom. The third-order valence-electron chi connectivity index (χ3n) is 3.16. The van der Waals surface area contributed by atoms with Crippen LogP contribution in [-0.4, -0.2) is 0 Å². The van der Waals surface area contributed by atoms with Crippen LogP contribution < -0.4 is 0 Å². The molecular formula is C16H10O2. The number of benzene rings is 2. The Kier molecular flexibility index (Phi) is 1.86. The molecule has 0 aliphatic carbocycles. The summed E-state index contributed by atoms with van der Waals surface area (Å²) in [4.78, 5) is 0. The molecule has 18 heavy (non-hydrogen) atoms. The van der Waals surface area contributed by atoms with Crippen molar-refractivity contribution in [3.05, 3.63) is 60.9 Å². The fourth-order valence-corrected chi connectivity index (χ4v) is 2.28. The topological polar surface area (TPSA) is 26.3 Å². The van der Waals surface area contributed by atoms with Gasteiger partial charge in [-0.3, -0.25) is 0 Å². The fourth-order valence-electron chi connectivity index (χ4n) is 2.28. The van der Waals surface area contributed by atoms with Crippen molar-refractivity contribution in [2.24, 2.45) is 0 Å². The second kappa shape index (κ2) is 3.50. The molecule has 2 heterocycles. The average Bonchev–Trinajstić information content (AvgIpc) is 3.02.